The van der Waals surface area contributed by atoms with Gasteiger partial charge < -0.3 is 4.74 Å². The molecule has 74 valence electrons. The minimum atomic E-state index is -0.154. The first-order chi connectivity index (χ1) is 5.94. The van der Waals surface area contributed by atoms with Gasteiger partial charge in [0.05, 0.1) is 6.42 Å². The van der Waals surface area contributed by atoms with E-state index in [2.05, 4.69) is 20.8 Å². The van der Waals surface area contributed by atoms with Gasteiger partial charge in [0, 0.05) is 5.92 Å². The fourth-order valence-electron chi connectivity index (χ4n) is 3.15. The second kappa shape index (κ2) is 2.49. The average molecular weight is 182 g/mol. The van der Waals surface area contributed by atoms with Gasteiger partial charge in [-0.15, -0.1) is 0 Å². The summed E-state index contributed by atoms with van der Waals surface area (Å²) in [5.41, 5.74) is 0.123. The first-order valence-corrected chi connectivity index (χ1v) is 5.16. The van der Waals surface area contributed by atoms with E-state index in [0.29, 0.717) is 12.3 Å². The standard InChI is InChI=1S/C11H18O2/c1-10(2)5-4-6-11(3)8(10)7-9(12)13-11/h8H,4-7H2,1-3H3/t8-,11+/m0/s1. The van der Waals surface area contributed by atoms with Crippen LogP contribution < -0.4 is 0 Å². The van der Waals surface area contributed by atoms with E-state index in [1.54, 1.807) is 0 Å². The zero-order valence-electron chi connectivity index (χ0n) is 8.72. The molecule has 2 heteroatoms. The van der Waals surface area contributed by atoms with E-state index in [0.717, 1.165) is 6.42 Å². The van der Waals surface area contributed by atoms with Gasteiger partial charge in [0.2, 0.25) is 0 Å². The van der Waals surface area contributed by atoms with Crippen LogP contribution in [-0.2, 0) is 9.53 Å². The molecule has 2 nitrogen and oxygen atoms in total. The Balaban J connectivity index is 2.30. The molecule has 1 saturated heterocycles. The number of rotatable bonds is 0. The van der Waals surface area contributed by atoms with E-state index in [-0.39, 0.29) is 17.0 Å². The number of hydrogen-bond acceptors (Lipinski definition) is 2. The van der Waals surface area contributed by atoms with Crippen LogP contribution in [0.1, 0.15) is 46.5 Å². The Hall–Kier alpha value is -0.530. The lowest BCUT2D eigenvalue weighted by Crippen LogP contribution is -2.44. The minimum absolute atomic E-state index is 0.00229. The van der Waals surface area contributed by atoms with Crippen LogP contribution in [0.4, 0.5) is 0 Å². The molecule has 0 bridgehead atoms. The maximum atomic E-state index is 11.3. The lowest BCUT2D eigenvalue weighted by atomic mass is 9.62. The van der Waals surface area contributed by atoms with Crippen molar-refractivity contribution in [3.05, 3.63) is 0 Å². The molecule has 0 aromatic heterocycles. The number of fused-ring (bicyclic) bond motifs is 1. The van der Waals surface area contributed by atoms with Crippen LogP contribution in [-0.4, -0.2) is 11.6 Å². The van der Waals surface area contributed by atoms with Crippen molar-refractivity contribution in [3.8, 4) is 0 Å². The van der Waals surface area contributed by atoms with E-state index in [4.69, 9.17) is 4.74 Å². The van der Waals surface area contributed by atoms with Crippen LogP contribution in [0.25, 0.3) is 0 Å². The Morgan fingerprint density at radius 3 is 2.62 bits per heavy atom. The predicted molar refractivity (Wildman–Crippen MR) is 50.2 cm³/mol. The third kappa shape index (κ3) is 1.27. The molecular weight excluding hydrogens is 164 g/mol. The van der Waals surface area contributed by atoms with Crippen LogP contribution in [0.15, 0.2) is 0 Å². The second-order valence-corrected chi connectivity index (χ2v) is 5.39. The van der Waals surface area contributed by atoms with Gasteiger partial charge >= 0.3 is 5.97 Å². The Labute approximate surface area is 79.7 Å². The summed E-state index contributed by atoms with van der Waals surface area (Å²) in [4.78, 5) is 11.3. The number of hydrogen-bond donors (Lipinski definition) is 0. The molecule has 2 fully saturated rings. The van der Waals surface area contributed by atoms with Gasteiger partial charge in [0.25, 0.3) is 0 Å². The molecule has 0 N–H and O–H groups in total. The molecule has 1 aliphatic heterocycles. The summed E-state index contributed by atoms with van der Waals surface area (Å²) in [6.45, 7) is 6.62. The molecule has 0 aromatic rings. The Bertz CT molecular complexity index is 244. The molecule has 2 aliphatic rings. The highest BCUT2D eigenvalue weighted by Gasteiger charge is 2.54. The molecule has 0 amide bonds. The molecule has 2 rings (SSSR count). The summed E-state index contributed by atoms with van der Waals surface area (Å²) in [6, 6.07) is 0. The van der Waals surface area contributed by atoms with Gasteiger partial charge in [-0.05, 0) is 31.6 Å². The van der Waals surface area contributed by atoms with E-state index in [9.17, 15) is 4.79 Å². The van der Waals surface area contributed by atoms with E-state index in [1.807, 2.05) is 0 Å². The molecule has 1 aliphatic carbocycles. The normalized spacial score (nSPS) is 42.7. The molecule has 2 atom stereocenters. The van der Waals surface area contributed by atoms with E-state index in [1.165, 1.54) is 12.8 Å². The van der Waals surface area contributed by atoms with Crippen molar-refractivity contribution in [2.45, 2.75) is 52.1 Å². The summed E-state index contributed by atoms with van der Waals surface area (Å²) in [6.07, 6.45) is 4.09. The lowest BCUT2D eigenvalue weighted by molar-refractivity contribution is -0.151. The first-order valence-electron chi connectivity index (χ1n) is 5.16. The fourth-order valence-corrected chi connectivity index (χ4v) is 3.15. The Morgan fingerprint density at radius 1 is 1.31 bits per heavy atom. The highest BCUT2D eigenvalue weighted by Crippen LogP contribution is 2.52. The Kier molecular flexibility index (Phi) is 1.73. The maximum absolute atomic E-state index is 11.3. The van der Waals surface area contributed by atoms with Gasteiger partial charge in [-0.25, -0.2) is 0 Å². The van der Waals surface area contributed by atoms with E-state index >= 15 is 0 Å². The minimum Gasteiger partial charge on any atom is -0.459 e. The van der Waals surface area contributed by atoms with Crippen molar-refractivity contribution in [1.82, 2.24) is 0 Å². The zero-order chi connectivity index (χ0) is 9.69. The van der Waals surface area contributed by atoms with Crippen LogP contribution >= 0.6 is 0 Å². The first kappa shape index (κ1) is 9.04. The SMILES string of the molecule is CC1(C)CCC[C@@]2(C)OC(=O)C[C@@H]12. The molecule has 0 spiro atoms. The van der Waals surface area contributed by atoms with Crippen molar-refractivity contribution in [2.75, 3.05) is 0 Å². The fraction of sp³-hybridized carbons (Fsp3) is 0.909. The molecule has 1 saturated carbocycles. The smallest absolute Gasteiger partial charge is 0.306 e. The number of ether oxygens (including phenoxy) is 1. The summed E-state index contributed by atoms with van der Waals surface area (Å²) in [7, 11) is 0. The van der Waals surface area contributed by atoms with Crippen molar-refractivity contribution in [3.63, 3.8) is 0 Å². The van der Waals surface area contributed by atoms with Crippen molar-refractivity contribution in [2.24, 2.45) is 11.3 Å². The van der Waals surface area contributed by atoms with Crippen LogP contribution in [0.2, 0.25) is 0 Å². The summed E-state index contributed by atoms with van der Waals surface area (Å²) >= 11 is 0. The third-order valence-electron chi connectivity index (χ3n) is 3.89. The molecule has 0 aromatic carbocycles. The van der Waals surface area contributed by atoms with Crippen molar-refractivity contribution in [1.29, 1.82) is 0 Å². The lowest BCUT2D eigenvalue weighted by Gasteiger charge is -2.44. The summed E-state index contributed by atoms with van der Waals surface area (Å²) in [5.74, 6) is 0.434. The van der Waals surface area contributed by atoms with Crippen LogP contribution in [0.3, 0.4) is 0 Å². The molecule has 0 unspecified atom stereocenters. The van der Waals surface area contributed by atoms with Gasteiger partial charge in [-0.2, -0.15) is 0 Å². The molecule has 0 radical (unpaired) electrons. The van der Waals surface area contributed by atoms with Crippen LogP contribution in [0.5, 0.6) is 0 Å². The van der Waals surface area contributed by atoms with Gasteiger partial charge in [0.1, 0.15) is 5.60 Å². The quantitative estimate of drug-likeness (QED) is 0.538. The number of esters is 1. The third-order valence-corrected chi connectivity index (χ3v) is 3.89. The predicted octanol–water partition coefficient (Wildman–Crippen LogP) is 2.52. The maximum Gasteiger partial charge on any atom is 0.306 e. The second-order valence-electron chi connectivity index (χ2n) is 5.39. The topological polar surface area (TPSA) is 26.3 Å². The highest BCUT2D eigenvalue weighted by molar-refractivity contribution is 5.73. The van der Waals surface area contributed by atoms with Gasteiger partial charge in [-0.1, -0.05) is 13.8 Å². The number of carbonyl (C=O) groups excluding carboxylic acids is 1. The average Bonchev–Trinajstić information content (AvgIpc) is 2.25. The molecule has 13 heavy (non-hydrogen) atoms. The number of carbonyl (C=O) groups is 1. The monoisotopic (exact) mass is 182 g/mol. The highest BCUT2D eigenvalue weighted by atomic mass is 16.6. The molecule has 1 heterocycles. The zero-order valence-corrected chi connectivity index (χ0v) is 8.72. The van der Waals surface area contributed by atoms with E-state index < -0.39 is 0 Å². The Morgan fingerprint density at radius 2 is 2.00 bits per heavy atom. The summed E-state index contributed by atoms with van der Waals surface area (Å²) < 4.78 is 5.45. The van der Waals surface area contributed by atoms with Gasteiger partial charge in [-0.3, -0.25) is 4.79 Å². The largest absolute Gasteiger partial charge is 0.459 e. The van der Waals surface area contributed by atoms with Crippen molar-refractivity contribution >= 4 is 5.97 Å². The van der Waals surface area contributed by atoms with Crippen molar-refractivity contribution < 1.29 is 9.53 Å². The van der Waals surface area contributed by atoms with Gasteiger partial charge in [0.15, 0.2) is 0 Å². The molecular formula is C11H18O2. The van der Waals surface area contributed by atoms with Crippen LogP contribution in [0, 0.1) is 11.3 Å². The summed E-state index contributed by atoms with van der Waals surface area (Å²) in [5, 5.41) is 0.